The second-order valence-electron chi connectivity index (χ2n) is 11.6. The first-order valence-electron chi connectivity index (χ1n) is 15.1. The smallest absolute Gasteiger partial charge is 0.307 e. The molecule has 3 atom stereocenters. The normalized spacial score (nSPS) is 21.0. The molecule has 0 radical (unpaired) electrons. The minimum Gasteiger partial charge on any atom is -0.487 e. The predicted molar refractivity (Wildman–Crippen MR) is 164 cm³/mol. The lowest BCUT2D eigenvalue weighted by molar-refractivity contribution is -0.153. The predicted octanol–water partition coefficient (Wildman–Crippen LogP) is 5.09. The number of ether oxygens (including phenoxy) is 1. The number of aliphatic carboxylic acids is 1. The van der Waals surface area contributed by atoms with Crippen molar-refractivity contribution in [2.75, 3.05) is 13.1 Å². The van der Waals surface area contributed by atoms with Crippen LogP contribution in [0.2, 0.25) is 0 Å². The van der Waals surface area contributed by atoms with E-state index in [0.717, 1.165) is 34.0 Å². The quantitative estimate of drug-likeness (QED) is 0.357. The van der Waals surface area contributed by atoms with Crippen LogP contribution in [0.1, 0.15) is 77.1 Å². The van der Waals surface area contributed by atoms with Crippen molar-refractivity contribution in [1.82, 2.24) is 19.4 Å². The van der Waals surface area contributed by atoms with Gasteiger partial charge in [0.1, 0.15) is 29.8 Å². The van der Waals surface area contributed by atoms with Crippen molar-refractivity contribution in [3.63, 3.8) is 0 Å². The van der Waals surface area contributed by atoms with Crippen molar-refractivity contribution in [1.29, 1.82) is 5.26 Å². The van der Waals surface area contributed by atoms with Gasteiger partial charge in [-0.1, -0.05) is 47.0 Å². The second-order valence-corrected chi connectivity index (χ2v) is 12.5. The Morgan fingerprint density at radius 2 is 1.93 bits per heavy atom. The molecule has 3 aliphatic rings. The van der Waals surface area contributed by atoms with Crippen LogP contribution in [0, 0.1) is 23.2 Å². The van der Waals surface area contributed by atoms with Gasteiger partial charge in [0.2, 0.25) is 5.91 Å². The summed E-state index contributed by atoms with van der Waals surface area (Å²) in [5.41, 5.74) is 4.32. The molecule has 11 heteroatoms. The van der Waals surface area contributed by atoms with Crippen LogP contribution in [0.5, 0.6) is 5.75 Å². The Kier molecular flexibility index (Phi) is 8.45. The topological polar surface area (TPSA) is 129 Å². The van der Waals surface area contributed by atoms with Gasteiger partial charge in [0.15, 0.2) is 0 Å². The number of hydrogen-bond donors (Lipinski definition) is 1. The fourth-order valence-electron chi connectivity index (χ4n) is 7.01. The Bertz CT molecular complexity index is 1660. The molecule has 2 unspecified atom stereocenters. The summed E-state index contributed by atoms with van der Waals surface area (Å²) in [4.78, 5) is 48.0. The Labute approximate surface area is 264 Å². The average molecular weight is 661 g/mol. The molecule has 6 rings (SSSR count). The Morgan fingerprint density at radius 1 is 1.16 bits per heavy atom. The van der Waals surface area contributed by atoms with E-state index in [9.17, 15) is 24.8 Å². The maximum atomic E-state index is 14.3. The van der Waals surface area contributed by atoms with Crippen molar-refractivity contribution in [2.24, 2.45) is 11.8 Å². The highest BCUT2D eigenvalue weighted by Crippen LogP contribution is 2.44. The minimum absolute atomic E-state index is 0.0580. The van der Waals surface area contributed by atoms with Crippen LogP contribution in [0.4, 0.5) is 0 Å². The number of benzene rings is 2. The molecule has 0 saturated heterocycles. The maximum absolute atomic E-state index is 14.3. The molecule has 2 aliphatic heterocycles. The van der Waals surface area contributed by atoms with Crippen molar-refractivity contribution in [2.45, 2.75) is 64.8 Å². The highest BCUT2D eigenvalue weighted by molar-refractivity contribution is 9.10. The van der Waals surface area contributed by atoms with E-state index in [-0.39, 0.29) is 25.0 Å². The van der Waals surface area contributed by atoms with E-state index in [1.165, 1.54) is 0 Å². The molecule has 2 amide bonds. The number of carbonyl (C=O) groups excluding carboxylic acids is 2. The third-order valence-electron chi connectivity index (χ3n) is 9.27. The summed E-state index contributed by atoms with van der Waals surface area (Å²) >= 11 is 3.71. The monoisotopic (exact) mass is 659 g/mol. The maximum Gasteiger partial charge on any atom is 0.307 e. The van der Waals surface area contributed by atoms with Crippen LogP contribution in [0.15, 0.2) is 47.2 Å². The van der Waals surface area contributed by atoms with E-state index in [0.29, 0.717) is 61.6 Å². The Morgan fingerprint density at radius 3 is 2.66 bits per heavy atom. The molecule has 1 saturated carbocycles. The summed E-state index contributed by atoms with van der Waals surface area (Å²) < 4.78 is 9.02. The summed E-state index contributed by atoms with van der Waals surface area (Å²) in [6.45, 7) is 3.66. The lowest BCUT2D eigenvalue weighted by Crippen LogP contribution is -2.50. The van der Waals surface area contributed by atoms with Crippen LogP contribution >= 0.6 is 15.9 Å². The van der Waals surface area contributed by atoms with Crippen LogP contribution in [0.25, 0.3) is 0 Å². The molecule has 2 aromatic carbocycles. The molecule has 3 heterocycles. The molecule has 10 nitrogen and oxygen atoms in total. The first-order valence-corrected chi connectivity index (χ1v) is 15.9. The van der Waals surface area contributed by atoms with Crippen molar-refractivity contribution in [3.8, 4) is 11.8 Å². The number of carbonyl (C=O) groups is 3. The van der Waals surface area contributed by atoms with Gasteiger partial charge in [-0.15, -0.1) is 0 Å². The Balaban J connectivity index is 1.39. The summed E-state index contributed by atoms with van der Waals surface area (Å²) in [5, 5.41) is 19.7. The highest BCUT2D eigenvalue weighted by atomic mass is 79.9. The number of aryl methyl sites for hydroxylation is 1. The van der Waals surface area contributed by atoms with Gasteiger partial charge in [-0.3, -0.25) is 14.4 Å². The number of imidazole rings is 1. The first kappa shape index (κ1) is 29.9. The molecule has 228 valence electrons. The fourth-order valence-corrected chi connectivity index (χ4v) is 7.55. The molecular weight excluding hydrogens is 626 g/mol. The van der Waals surface area contributed by atoms with Gasteiger partial charge in [-0.05, 0) is 55.5 Å². The van der Waals surface area contributed by atoms with Gasteiger partial charge in [0.05, 0.1) is 24.2 Å². The lowest BCUT2D eigenvalue weighted by Gasteiger charge is -2.43. The van der Waals surface area contributed by atoms with E-state index in [2.05, 4.69) is 27.0 Å². The number of nitrogens with zero attached hydrogens (tertiary/aromatic N) is 5. The molecule has 44 heavy (non-hydrogen) atoms. The summed E-state index contributed by atoms with van der Waals surface area (Å²) in [6, 6.07) is 12.9. The van der Waals surface area contributed by atoms with Gasteiger partial charge in [0, 0.05) is 41.8 Å². The minimum atomic E-state index is -0.936. The number of hydrogen-bond acceptors (Lipinski definition) is 6. The molecule has 0 spiro atoms. The zero-order chi connectivity index (χ0) is 31.0. The van der Waals surface area contributed by atoms with Crippen molar-refractivity contribution < 1.29 is 24.2 Å². The average Bonchev–Trinajstić information content (AvgIpc) is 3.60. The number of carboxylic acids is 1. The fraction of sp³-hybridized carbons (Fsp3) is 0.424. The van der Waals surface area contributed by atoms with Crippen LogP contribution < -0.4 is 4.74 Å². The third kappa shape index (κ3) is 5.36. The molecule has 1 aromatic heterocycles. The second kappa shape index (κ2) is 12.4. The molecule has 3 aromatic rings. The van der Waals surface area contributed by atoms with Gasteiger partial charge in [-0.2, -0.15) is 5.26 Å². The number of fused-ring (bicyclic) bond motifs is 2. The van der Waals surface area contributed by atoms with E-state index in [1.807, 2.05) is 43.3 Å². The molecule has 1 N–H and O–H groups in total. The first-order chi connectivity index (χ1) is 21.3. The molecular formula is C33H34BrN5O5. The van der Waals surface area contributed by atoms with E-state index in [1.54, 1.807) is 20.7 Å². The zero-order valence-electron chi connectivity index (χ0n) is 24.5. The Hall–Kier alpha value is -4.17. The van der Waals surface area contributed by atoms with Crippen LogP contribution in [-0.2, 0) is 35.7 Å². The number of rotatable bonds is 8. The van der Waals surface area contributed by atoms with Gasteiger partial charge in [-0.25, -0.2) is 4.98 Å². The van der Waals surface area contributed by atoms with Crippen molar-refractivity contribution >= 4 is 33.7 Å². The van der Waals surface area contributed by atoms with Crippen LogP contribution in [0.3, 0.4) is 0 Å². The van der Waals surface area contributed by atoms with Crippen LogP contribution in [-0.4, -0.2) is 55.3 Å². The number of aromatic nitrogens is 2. The molecule has 1 aliphatic carbocycles. The van der Waals surface area contributed by atoms with Gasteiger partial charge < -0.3 is 24.2 Å². The van der Waals surface area contributed by atoms with E-state index >= 15 is 0 Å². The molecule has 0 bridgehead atoms. The highest BCUT2D eigenvalue weighted by Gasteiger charge is 2.44. The van der Waals surface area contributed by atoms with E-state index in [4.69, 9.17) is 4.74 Å². The number of amides is 2. The van der Waals surface area contributed by atoms with Gasteiger partial charge in [0.25, 0.3) is 5.91 Å². The summed E-state index contributed by atoms with van der Waals surface area (Å²) in [6.07, 6.45) is 4.77. The largest absolute Gasteiger partial charge is 0.487 e. The van der Waals surface area contributed by atoms with E-state index < -0.39 is 23.8 Å². The zero-order valence-corrected chi connectivity index (χ0v) is 26.1. The van der Waals surface area contributed by atoms with Gasteiger partial charge >= 0.3 is 5.97 Å². The standard InChI is InChI=1S/C33H34BrN5O5/c1-2-37-19-36-26(27(37)15-35)18-44-29-12-11-25(34)24-13-14-39(32(41)22-9-5-6-10-23(22)33(42)43)28(30(24)29)17-38-16-20-7-3-4-8-21(20)31(38)40/h3-4,7-8,11-12,19,22-23,28H,2,5-6,9-10,13-14,16-18H2,1H3,(H,42,43)/t22?,23?,28-/m1/s1. The summed E-state index contributed by atoms with van der Waals surface area (Å²) in [5.74, 6) is -2.02. The third-order valence-corrected chi connectivity index (χ3v) is 10.0. The van der Waals surface area contributed by atoms with Crippen molar-refractivity contribution in [3.05, 3.63) is 80.8 Å². The number of carboxylic acid groups (broad SMARTS) is 1. The summed E-state index contributed by atoms with van der Waals surface area (Å²) in [7, 11) is 0. The number of halogens is 1. The number of nitriles is 1. The SMILES string of the molecule is CCn1cnc(COc2ccc(Br)c3c2[C@@H](CN2Cc4ccccc4C2=O)N(C(=O)C2CCCCC2C(=O)O)CC3)c1C#N. The lowest BCUT2D eigenvalue weighted by atomic mass is 9.77. The molecule has 1 fully saturated rings.